The molecule has 0 unspecified atom stereocenters. The Labute approximate surface area is 120 Å². The van der Waals surface area contributed by atoms with E-state index < -0.39 is 55.2 Å². The van der Waals surface area contributed by atoms with Crippen LogP contribution in [0.25, 0.3) is 0 Å². The van der Waals surface area contributed by atoms with Gasteiger partial charge in [0.25, 0.3) is 0 Å². The Bertz CT molecular complexity index is 404. The van der Waals surface area contributed by atoms with Crippen molar-refractivity contribution in [1.82, 2.24) is 0 Å². The molecule has 3 atom stereocenters. The van der Waals surface area contributed by atoms with Gasteiger partial charge in [0.05, 0.1) is 6.61 Å². The third-order valence-electron chi connectivity index (χ3n) is 2.23. The Morgan fingerprint density at radius 3 is 1.67 bits per heavy atom. The van der Waals surface area contributed by atoms with Crippen LogP contribution >= 0.6 is 0 Å². The standard InChI is InChI=1S/C12H18O9/c1-6(15)19-10(5-14)12(21-8(3)17)11(9(18)4-13)20-7(2)16/h10-14H,4-5H2,1-3H3/t10-,11-,12-/m1/s1. The number of ether oxygens (including phenoxy) is 3. The highest BCUT2D eigenvalue weighted by atomic mass is 16.6. The fraction of sp³-hybridized carbons (Fsp3) is 0.667. The van der Waals surface area contributed by atoms with Crippen molar-refractivity contribution in [2.45, 2.75) is 39.1 Å². The lowest BCUT2D eigenvalue weighted by Gasteiger charge is -2.29. The van der Waals surface area contributed by atoms with Gasteiger partial charge in [0, 0.05) is 20.8 Å². The molecule has 2 N–H and O–H groups in total. The van der Waals surface area contributed by atoms with E-state index in [1.54, 1.807) is 0 Å². The van der Waals surface area contributed by atoms with Crippen LogP contribution in [0.2, 0.25) is 0 Å². The third-order valence-corrected chi connectivity index (χ3v) is 2.23. The number of aliphatic hydroxyl groups excluding tert-OH is 2. The Morgan fingerprint density at radius 1 is 0.857 bits per heavy atom. The van der Waals surface area contributed by atoms with Crippen LogP contribution in [0.15, 0.2) is 0 Å². The lowest BCUT2D eigenvalue weighted by atomic mass is 10.0. The second kappa shape index (κ2) is 9.03. The van der Waals surface area contributed by atoms with E-state index in [-0.39, 0.29) is 0 Å². The van der Waals surface area contributed by atoms with Crippen molar-refractivity contribution in [2.24, 2.45) is 0 Å². The van der Waals surface area contributed by atoms with Crippen molar-refractivity contribution in [3.05, 3.63) is 0 Å². The molecule has 0 rings (SSSR count). The maximum atomic E-state index is 11.6. The largest absolute Gasteiger partial charge is 0.456 e. The third kappa shape index (κ3) is 6.82. The summed E-state index contributed by atoms with van der Waals surface area (Å²) in [5.74, 6) is -3.50. The van der Waals surface area contributed by atoms with E-state index in [1.165, 1.54) is 0 Å². The summed E-state index contributed by atoms with van der Waals surface area (Å²) in [7, 11) is 0. The zero-order valence-electron chi connectivity index (χ0n) is 11.9. The average molecular weight is 306 g/mol. The molecule has 0 spiro atoms. The van der Waals surface area contributed by atoms with E-state index in [1.807, 2.05) is 0 Å². The highest BCUT2D eigenvalue weighted by Crippen LogP contribution is 2.15. The average Bonchev–Trinajstić information content (AvgIpc) is 2.38. The minimum Gasteiger partial charge on any atom is -0.456 e. The van der Waals surface area contributed by atoms with Gasteiger partial charge in [-0.2, -0.15) is 0 Å². The predicted octanol–water partition coefficient (Wildman–Crippen LogP) is -1.66. The van der Waals surface area contributed by atoms with E-state index >= 15 is 0 Å². The number of hydrogen-bond acceptors (Lipinski definition) is 9. The van der Waals surface area contributed by atoms with E-state index in [0.717, 1.165) is 20.8 Å². The Hall–Kier alpha value is -2.00. The Balaban J connectivity index is 5.45. The van der Waals surface area contributed by atoms with Gasteiger partial charge in [-0.05, 0) is 0 Å². The molecule has 0 aliphatic rings. The minimum absolute atomic E-state index is 0.784. The van der Waals surface area contributed by atoms with Crippen molar-refractivity contribution >= 4 is 23.7 Å². The Kier molecular flexibility index (Phi) is 8.17. The number of hydrogen-bond donors (Lipinski definition) is 2. The molecule has 0 aromatic carbocycles. The zero-order valence-corrected chi connectivity index (χ0v) is 11.9. The van der Waals surface area contributed by atoms with E-state index in [9.17, 15) is 24.3 Å². The van der Waals surface area contributed by atoms with Crippen LogP contribution in [-0.2, 0) is 33.4 Å². The van der Waals surface area contributed by atoms with Gasteiger partial charge < -0.3 is 24.4 Å². The van der Waals surface area contributed by atoms with Crippen molar-refractivity contribution < 1.29 is 43.6 Å². The summed E-state index contributed by atoms with van der Waals surface area (Å²) in [4.78, 5) is 44.7. The first-order valence-corrected chi connectivity index (χ1v) is 5.99. The zero-order chi connectivity index (χ0) is 16.6. The summed E-state index contributed by atoms with van der Waals surface area (Å²) in [5.41, 5.74) is 0. The SMILES string of the molecule is CC(=O)O[C@@H]([C@H](OC(C)=O)C(=O)CO)[C@@H](CO)OC(C)=O. The highest BCUT2D eigenvalue weighted by molar-refractivity contribution is 5.87. The van der Waals surface area contributed by atoms with E-state index in [2.05, 4.69) is 0 Å². The maximum absolute atomic E-state index is 11.6. The number of esters is 3. The summed E-state index contributed by atoms with van der Waals surface area (Å²) < 4.78 is 14.2. The monoisotopic (exact) mass is 306 g/mol. The molecule has 0 bridgehead atoms. The summed E-state index contributed by atoms with van der Waals surface area (Å²) in [6, 6.07) is 0. The van der Waals surface area contributed by atoms with Crippen LogP contribution in [0, 0.1) is 0 Å². The van der Waals surface area contributed by atoms with Gasteiger partial charge >= 0.3 is 17.9 Å². The van der Waals surface area contributed by atoms with Crippen LogP contribution in [0.5, 0.6) is 0 Å². The van der Waals surface area contributed by atoms with Gasteiger partial charge in [-0.1, -0.05) is 0 Å². The fourth-order valence-electron chi connectivity index (χ4n) is 1.53. The normalized spacial score (nSPS) is 14.5. The summed E-state index contributed by atoms with van der Waals surface area (Å²) >= 11 is 0. The van der Waals surface area contributed by atoms with Gasteiger partial charge in [-0.3, -0.25) is 19.2 Å². The van der Waals surface area contributed by atoms with E-state index in [0.29, 0.717) is 0 Å². The van der Waals surface area contributed by atoms with Gasteiger partial charge in [0.1, 0.15) is 6.61 Å². The van der Waals surface area contributed by atoms with Crippen LogP contribution in [0.1, 0.15) is 20.8 Å². The molecular weight excluding hydrogens is 288 g/mol. The topological polar surface area (TPSA) is 136 Å². The molecule has 120 valence electrons. The first kappa shape index (κ1) is 19.0. The quantitative estimate of drug-likeness (QED) is 0.398. The number of carbonyl (C=O) groups is 4. The highest BCUT2D eigenvalue weighted by Gasteiger charge is 2.40. The molecule has 0 aliphatic heterocycles. The first-order valence-electron chi connectivity index (χ1n) is 5.99. The lowest BCUT2D eigenvalue weighted by molar-refractivity contribution is -0.188. The maximum Gasteiger partial charge on any atom is 0.303 e. The molecule has 0 aliphatic carbocycles. The molecule has 0 fully saturated rings. The minimum atomic E-state index is -1.70. The molecule has 0 saturated carbocycles. The van der Waals surface area contributed by atoms with Crippen LogP contribution in [-0.4, -0.2) is 65.4 Å². The summed E-state index contributed by atoms with van der Waals surface area (Å²) in [5, 5.41) is 18.1. The smallest absolute Gasteiger partial charge is 0.303 e. The number of Topliss-reactive ketones (excluding diaryl/α,β-unsaturated/α-hetero) is 1. The summed E-state index contributed by atoms with van der Waals surface area (Å²) in [6.07, 6.45) is -4.70. The van der Waals surface area contributed by atoms with Crippen LogP contribution < -0.4 is 0 Å². The fourth-order valence-corrected chi connectivity index (χ4v) is 1.53. The number of carbonyl (C=O) groups excluding carboxylic acids is 4. The van der Waals surface area contributed by atoms with Crippen LogP contribution in [0.3, 0.4) is 0 Å². The van der Waals surface area contributed by atoms with Gasteiger partial charge in [0.15, 0.2) is 12.2 Å². The van der Waals surface area contributed by atoms with Crippen molar-refractivity contribution in [3.63, 3.8) is 0 Å². The molecule has 0 radical (unpaired) electrons. The predicted molar refractivity (Wildman–Crippen MR) is 65.8 cm³/mol. The molecule has 9 heteroatoms. The number of rotatable bonds is 8. The van der Waals surface area contributed by atoms with Crippen molar-refractivity contribution in [1.29, 1.82) is 0 Å². The molecule has 0 heterocycles. The second-order valence-corrected chi connectivity index (χ2v) is 4.06. The van der Waals surface area contributed by atoms with E-state index in [4.69, 9.17) is 19.3 Å². The van der Waals surface area contributed by atoms with Crippen molar-refractivity contribution in [3.8, 4) is 0 Å². The first-order chi connectivity index (χ1) is 9.72. The summed E-state index contributed by atoms with van der Waals surface area (Å²) in [6.45, 7) is 1.29. The molecule has 0 aromatic heterocycles. The molecule has 9 nitrogen and oxygen atoms in total. The Morgan fingerprint density at radius 2 is 1.33 bits per heavy atom. The molecule has 0 aromatic rings. The molecule has 0 amide bonds. The van der Waals surface area contributed by atoms with Gasteiger partial charge in [-0.25, -0.2) is 0 Å². The van der Waals surface area contributed by atoms with Gasteiger partial charge in [0.2, 0.25) is 11.9 Å². The van der Waals surface area contributed by atoms with Crippen molar-refractivity contribution in [2.75, 3.05) is 13.2 Å². The second-order valence-electron chi connectivity index (χ2n) is 4.06. The van der Waals surface area contributed by atoms with Crippen LogP contribution in [0.4, 0.5) is 0 Å². The molecule has 0 saturated heterocycles. The number of aliphatic hydroxyl groups is 2. The molecular formula is C12H18O9. The molecule has 21 heavy (non-hydrogen) atoms. The lowest BCUT2D eigenvalue weighted by Crippen LogP contribution is -2.50. The van der Waals surface area contributed by atoms with Gasteiger partial charge in [-0.15, -0.1) is 0 Å². The number of ketones is 1.